The first-order chi connectivity index (χ1) is 15.4. The monoisotopic (exact) mass is 472 g/mol. The van der Waals surface area contributed by atoms with Crippen molar-refractivity contribution in [1.82, 2.24) is 19.1 Å². The molecule has 0 bridgehead atoms. The molecule has 0 radical (unpaired) electrons. The lowest BCUT2D eigenvalue weighted by Crippen LogP contribution is -2.33. The molecule has 11 heteroatoms. The van der Waals surface area contributed by atoms with Gasteiger partial charge in [-0.05, 0) is 24.3 Å². The van der Waals surface area contributed by atoms with Gasteiger partial charge in [0.05, 0.1) is 45.4 Å². The standard InChI is InChI=1S/C21H17FN4O4S2/c22-17-4-2-1-3-15(17)16(11-27)21(28)25-8-13-9-26(24-19(13)10-25)32(29,30)14-5-6-18-20(7-14)31-12-23-18/h1-7,9,12,16,27H,8,10-11H2. The number of rotatable bonds is 5. The van der Waals surface area contributed by atoms with Crippen LogP contribution in [-0.4, -0.2) is 45.1 Å². The van der Waals surface area contributed by atoms with Crippen LogP contribution < -0.4 is 0 Å². The Morgan fingerprint density at radius 2 is 2.03 bits per heavy atom. The molecular formula is C21H17FN4O4S2. The minimum absolute atomic E-state index is 0.0789. The molecule has 0 spiro atoms. The molecule has 2 aromatic carbocycles. The predicted octanol–water partition coefficient (Wildman–Crippen LogP) is 2.49. The van der Waals surface area contributed by atoms with Crippen molar-refractivity contribution < 1.29 is 22.7 Å². The summed E-state index contributed by atoms with van der Waals surface area (Å²) in [5.41, 5.74) is 3.53. The number of aliphatic hydroxyl groups excluding tert-OH is 1. The van der Waals surface area contributed by atoms with Crippen molar-refractivity contribution in [3.8, 4) is 0 Å². The van der Waals surface area contributed by atoms with E-state index in [2.05, 4.69) is 10.1 Å². The van der Waals surface area contributed by atoms with Gasteiger partial charge in [-0.3, -0.25) is 4.79 Å². The van der Waals surface area contributed by atoms with Gasteiger partial charge < -0.3 is 10.0 Å². The third kappa shape index (κ3) is 3.38. The van der Waals surface area contributed by atoms with E-state index in [4.69, 9.17) is 0 Å². The SMILES string of the molecule is O=C(C(CO)c1ccccc1F)N1Cc2cn(S(=O)(=O)c3ccc4ncsc4c3)nc2C1. The van der Waals surface area contributed by atoms with Gasteiger partial charge in [0, 0.05) is 23.9 Å². The first-order valence-corrected chi connectivity index (χ1v) is 12.0. The summed E-state index contributed by atoms with van der Waals surface area (Å²) in [6.07, 6.45) is 1.39. The minimum atomic E-state index is -3.90. The zero-order valence-electron chi connectivity index (χ0n) is 16.6. The van der Waals surface area contributed by atoms with Crippen LogP contribution in [0.1, 0.15) is 22.7 Å². The Bertz CT molecular complexity index is 1420. The highest BCUT2D eigenvalue weighted by molar-refractivity contribution is 7.89. The maximum absolute atomic E-state index is 14.1. The Morgan fingerprint density at radius 3 is 2.78 bits per heavy atom. The Kier molecular flexibility index (Phi) is 5.03. The second kappa shape index (κ2) is 7.76. The van der Waals surface area contributed by atoms with E-state index in [9.17, 15) is 22.7 Å². The lowest BCUT2D eigenvalue weighted by atomic mass is 9.98. The van der Waals surface area contributed by atoms with Crippen LogP contribution in [0.2, 0.25) is 0 Å². The van der Waals surface area contributed by atoms with Crippen molar-refractivity contribution in [2.45, 2.75) is 23.9 Å². The topological polar surface area (TPSA) is 105 Å². The van der Waals surface area contributed by atoms with Gasteiger partial charge in [0.25, 0.3) is 10.0 Å². The van der Waals surface area contributed by atoms with E-state index < -0.39 is 34.3 Å². The molecule has 3 heterocycles. The fourth-order valence-electron chi connectivity index (χ4n) is 3.80. The molecule has 0 saturated heterocycles. The van der Waals surface area contributed by atoms with Crippen molar-refractivity contribution >= 4 is 37.5 Å². The summed E-state index contributed by atoms with van der Waals surface area (Å²) in [6.45, 7) is -0.333. The summed E-state index contributed by atoms with van der Waals surface area (Å²) in [4.78, 5) is 18.6. The maximum atomic E-state index is 14.1. The zero-order chi connectivity index (χ0) is 22.5. The Morgan fingerprint density at radius 1 is 1.22 bits per heavy atom. The van der Waals surface area contributed by atoms with Crippen LogP contribution >= 0.6 is 11.3 Å². The van der Waals surface area contributed by atoms with Crippen LogP contribution in [0.25, 0.3) is 10.2 Å². The third-order valence-corrected chi connectivity index (χ3v) is 7.80. The first kappa shape index (κ1) is 20.7. The summed E-state index contributed by atoms with van der Waals surface area (Å²) in [6, 6.07) is 10.5. The molecule has 8 nitrogen and oxygen atoms in total. The first-order valence-electron chi connectivity index (χ1n) is 9.69. The Balaban J connectivity index is 1.38. The molecule has 5 rings (SSSR count). The van der Waals surface area contributed by atoms with E-state index in [0.717, 1.165) is 14.3 Å². The summed E-state index contributed by atoms with van der Waals surface area (Å²) in [7, 11) is -3.90. The van der Waals surface area contributed by atoms with E-state index in [1.54, 1.807) is 23.7 Å². The van der Waals surface area contributed by atoms with Gasteiger partial charge in [0.15, 0.2) is 0 Å². The zero-order valence-corrected chi connectivity index (χ0v) is 18.2. The fraction of sp³-hybridized carbons (Fsp3) is 0.190. The highest BCUT2D eigenvalue weighted by Gasteiger charge is 2.34. The van der Waals surface area contributed by atoms with Crippen LogP contribution in [0.5, 0.6) is 0 Å². The van der Waals surface area contributed by atoms with Crippen molar-refractivity contribution in [3.05, 3.63) is 76.8 Å². The summed E-state index contributed by atoms with van der Waals surface area (Å²) in [5.74, 6) is -2.05. The van der Waals surface area contributed by atoms with Crippen molar-refractivity contribution in [2.24, 2.45) is 0 Å². The molecule has 1 N–H and O–H groups in total. The van der Waals surface area contributed by atoms with Crippen LogP contribution in [0.3, 0.4) is 0 Å². The van der Waals surface area contributed by atoms with Gasteiger partial charge in [0.1, 0.15) is 5.82 Å². The van der Waals surface area contributed by atoms with Gasteiger partial charge in [-0.15, -0.1) is 11.3 Å². The minimum Gasteiger partial charge on any atom is -0.395 e. The quantitative estimate of drug-likeness (QED) is 0.479. The number of halogens is 1. The molecule has 0 aliphatic carbocycles. The third-order valence-electron chi connectivity index (χ3n) is 5.48. The second-order valence-electron chi connectivity index (χ2n) is 7.41. The summed E-state index contributed by atoms with van der Waals surface area (Å²) in [5, 5.41) is 13.9. The van der Waals surface area contributed by atoms with Crippen molar-refractivity contribution in [1.29, 1.82) is 0 Å². The van der Waals surface area contributed by atoms with Gasteiger partial charge in [-0.25, -0.2) is 9.37 Å². The molecule has 2 aromatic heterocycles. The average Bonchev–Trinajstić information content (AvgIpc) is 3.49. The summed E-state index contributed by atoms with van der Waals surface area (Å²) >= 11 is 1.35. The van der Waals surface area contributed by atoms with Crippen molar-refractivity contribution in [3.63, 3.8) is 0 Å². The number of aliphatic hydroxyl groups is 1. The normalized spacial score (nSPS) is 14.6. The molecule has 1 atom stereocenters. The number of benzene rings is 2. The molecule has 0 fully saturated rings. The second-order valence-corrected chi connectivity index (χ2v) is 10.1. The number of carbonyl (C=O) groups excluding carboxylic acids is 1. The molecule has 1 aliphatic heterocycles. The molecule has 4 aromatic rings. The number of hydrogen-bond donors (Lipinski definition) is 1. The lowest BCUT2D eigenvalue weighted by Gasteiger charge is -2.22. The molecule has 32 heavy (non-hydrogen) atoms. The largest absolute Gasteiger partial charge is 0.395 e. The van der Waals surface area contributed by atoms with Gasteiger partial charge >= 0.3 is 0 Å². The number of amides is 1. The van der Waals surface area contributed by atoms with E-state index in [0.29, 0.717) is 11.3 Å². The van der Waals surface area contributed by atoms with E-state index in [-0.39, 0.29) is 23.5 Å². The van der Waals surface area contributed by atoms with Crippen LogP contribution in [-0.2, 0) is 27.9 Å². The Hall–Kier alpha value is -3.15. The van der Waals surface area contributed by atoms with E-state index in [1.165, 1.54) is 46.7 Å². The molecule has 1 aliphatic rings. The average molecular weight is 473 g/mol. The highest BCUT2D eigenvalue weighted by Crippen LogP contribution is 2.29. The van der Waals surface area contributed by atoms with Gasteiger partial charge in [0.2, 0.25) is 5.91 Å². The highest BCUT2D eigenvalue weighted by atomic mass is 32.2. The summed E-state index contributed by atoms with van der Waals surface area (Å²) < 4.78 is 41.9. The number of fused-ring (bicyclic) bond motifs is 2. The maximum Gasteiger partial charge on any atom is 0.283 e. The molecule has 164 valence electrons. The fourth-order valence-corrected chi connectivity index (χ4v) is 5.78. The molecule has 0 saturated carbocycles. The Labute approximate surface area is 186 Å². The van der Waals surface area contributed by atoms with E-state index >= 15 is 0 Å². The lowest BCUT2D eigenvalue weighted by molar-refractivity contribution is -0.134. The van der Waals surface area contributed by atoms with Gasteiger partial charge in [-0.2, -0.15) is 17.6 Å². The molecule has 1 unspecified atom stereocenters. The molecular weight excluding hydrogens is 455 g/mol. The van der Waals surface area contributed by atoms with Crippen molar-refractivity contribution in [2.75, 3.05) is 6.61 Å². The number of aromatic nitrogens is 3. The number of carbonyl (C=O) groups is 1. The molecule has 1 amide bonds. The smallest absolute Gasteiger partial charge is 0.283 e. The van der Waals surface area contributed by atoms with Crippen LogP contribution in [0.4, 0.5) is 4.39 Å². The van der Waals surface area contributed by atoms with Crippen LogP contribution in [0, 0.1) is 5.82 Å². The van der Waals surface area contributed by atoms with Gasteiger partial charge in [-0.1, -0.05) is 18.2 Å². The van der Waals surface area contributed by atoms with E-state index in [1.807, 2.05) is 0 Å². The number of nitrogens with zero attached hydrogens (tertiary/aromatic N) is 4. The number of hydrogen-bond acceptors (Lipinski definition) is 7. The van der Waals surface area contributed by atoms with Crippen LogP contribution in [0.15, 0.2) is 59.1 Å². The predicted molar refractivity (Wildman–Crippen MR) is 115 cm³/mol. The number of thiazole rings is 1.